The second-order valence-electron chi connectivity index (χ2n) is 8.85. The molecule has 0 aliphatic heterocycles. The van der Waals surface area contributed by atoms with Crippen molar-refractivity contribution in [2.75, 3.05) is 31.5 Å². The molecule has 1 N–H and O–H groups in total. The molecule has 0 saturated heterocycles. The molecule has 3 aromatic carbocycles. The summed E-state index contributed by atoms with van der Waals surface area (Å²) in [5.74, 6) is -1.59. The summed E-state index contributed by atoms with van der Waals surface area (Å²) in [5.41, 5.74) is 1.30. The van der Waals surface area contributed by atoms with Crippen LogP contribution in [0, 0.1) is 5.82 Å². The minimum absolute atomic E-state index is 0.165. The Morgan fingerprint density at radius 3 is 2.05 bits per heavy atom. The van der Waals surface area contributed by atoms with E-state index in [1.807, 2.05) is 30.3 Å². The van der Waals surface area contributed by atoms with Crippen LogP contribution in [0.25, 0.3) is 0 Å². The number of amides is 2. The maximum atomic E-state index is 14.7. The van der Waals surface area contributed by atoms with Crippen molar-refractivity contribution in [2.24, 2.45) is 0 Å². The number of nitrogens with one attached hydrogen (secondary N) is 1. The Morgan fingerprint density at radius 1 is 0.895 bits per heavy atom. The summed E-state index contributed by atoms with van der Waals surface area (Å²) < 4.78 is 43.2. The predicted molar refractivity (Wildman–Crippen MR) is 146 cm³/mol. The van der Waals surface area contributed by atoms with Crippen molar-refractivity contribution >= 4 is 27.7 Å². The zero-order valence-corrected chi connectivity index (χ0v) is 22.6. The zero-order valence-electron chi connectivity index (χ0n) is 21.7. The van der Waals surface area contributed by atoms with Crippen LogP contribution in [0.5, 0.6) is 0 Å². The molecule has 10 heteroatoms. The number of benzene rings is 3. The largest absolute Gasteiger partial charge is 0.355 e. The van der Waals surface area contributed by atoms with Gasteiger partial charge in [0.15, 0.2) is 0 Å². The van der Waals surface area contributed by atoms with Gasteiger partial charge in [0.05, 0.1) is 5.69 Å². The average molecular weight is 541 g/mol. The van der Waals surface area contributed by atoms with Crippen molar-refractivity contribution in [3.05, 3.63) is 102 Å². The van der Waals surface area contributed by atoms with Crippen LogP contribution < -0.4 is 9.62 Å². The number of carbonyl (C=O) groups is 2. The molecule has 202 valence electrons. The number of hydrogen-bond donors (Lipinski definition) is 1. The van der Waals surface area contributed by atoms with Crippen LogP contribution in [0.15, 0.2) is 84.9 Å². The predicted octanol–water partition coefficient (Wildman–Crippen LogP) is 3.21. The number of likely N-dealkylation sites (N-methyl/N-ethyl adjacent to an activating group) is 1. The lowest BCUT2D eigenvalue weighted by atomic mass is 10.0. The molecule has 0 aliphatic carbocycles. The van der Waals surface area contributed by atoms with E-state index in [4.69, 9.17) is 0 Å². The molecular weight excluding hydrogens is 507 g/mol. The number of para-hydroxylation sites is 1. The first-order valence-corrected chi connectivity index (χ1v) is 13.6. The first-order chi connectivity index (χ1) is 18.1. The average Bonchev–Trinajstić information content (AvgIpc) is 2.91. The smallest absolute Gasteiger partial charge is 0.304 e. The van der Waals surface area contributed by atoms with Gasteiger partial charge in [-0.3, -0.25) is 9.59 Å². The number of halogens is 1. The maximum absolute atomic E-state index is 14.7. The molecule has 3 aromatic rings. The molecule has 1 atom stereocenters. The van der Waals surface area contributed by atoms with Crippen molar-refractivity contribution in [3.63, 3.8) is 0 Å². The van der Waals surface area contributed by atoms with E-state index in [1.54, 1.807) is 49.4 Å². The van der Waals surface area contributed by atoms with Gasteiger partial charge in [-0.1, -0.05) is 66.7 Å². The van der Waals surface area contributed by atoms with Gasteiger partial charge in [-0.2, -0.15) is 12.7 Å². The highest BCUT2D eigenvalue weighted by atomic mass is 32.2. The Bertz CT molecular complexity index is 1320. The third-order valence-electron chi connectivity index (χ3n) is 5.98. The lowest BCUT2D eigenvalue weighted by Crippen LogP contribution is -2.54. The number of nitrogens with zero attached hydrogens (tertiary/aromatic N) is 3. The van der Waals surface area contributed by atoms with Gasteiger partial charge < -0.3 is 10.2 Å². The monoisotopic (exact) mass is 540 g/mol. The van der Waals surface area contributed by atoms with Gasteiger partial charge in [-0.05, 0) is 30.7 Å². The Balaban J connectivity index is 2.07. The summed E-state index contributed by atoms with van der Waals surface area (Å²) in [7, 11) is -1.32. The van der Waals surface area contributed by atoms with E-state index in [9.17, 15) is 22.4 Å². The van der Waals surface area contributed by atoms with E-state index in [2.05, 4.69) is 5.32 Å². The van der Waals surface area contributed by atoms with E-state index >= 15 is 0 Å². The van der Waals surface area contributed by atoms with Crippen LogP contribution in [0.2, 0.25) is 0 Å². The number of carbonyl (C=O) groups excluding carboxylic acids is 2. The van der Waals surface area contributed by atoms with Crippen LogP contribution in [0.3, 0.4) is 0 Å². The van der Waals surface area contributed by atoms with Crippen molar-refractivity contribution in [2.45, 2.75) is 25.9 Å². The number of anilines is 1. The topological polar surface area (TPSA) is 90.0 Å². The number of rotatable bonds is 12. The minimum atomic E-state index is -4.07. The third-order valence-corrected chi connectivity index (χ3v) is 7.80. The quantitative estimate of drug-likeness (QED) is 0.382. The molecule has 0 heterocycles. The molecule has 0 spiro atoms. The summed E-state index contributed by atoms with van der Waals surface area (Å²) in [6.07, 6.45) is 0.165. The number of hydrogen-bond acceptors (Lipinski definition) is 4. The minimum Gasteiger partial charge on any atom is -0.355 e. The summed E-state index contributed by atoms with van der Waals surface area (Å²) in [6.45, 7) is 1.30. The molecule has 0 fully saturated rings. The van der Waals surface area contributed by atoms with Gasteiger partial charge in [-0.25, -0.2) is 8.70 Å². The van der Waals surface area contributed by atoms with Gasteiger partial charge >= 0.3 is 10.2 Å². The fourth-order valence-corrected chi connectivity index (χ4v) is 5.02. The highest BCUT2D eigenvalue weighted by molar-refractivity contribution is 7.90. The fraction of sp³-hybridized carbons (Fsp3) is 0.286. The molecule has 38 heavy (non-hydrogen) atoms. The summed E-state index contributed by atoms with van der Waals surface area (Å²) in [6, 6.07) is 22.4. The maximum Gasteiger partial charge on any atom is 0.304 e. The molecule has 0 radical (unpaired) electrons. The van der Waals surface area contributed by atoms with Crippen molar-refractivity contribution in [3.8, 4) is 0 Å². The van der Waals surface area contributed by atoms with Crippen molar-refractivity contribution in [1.29, 1.82) is 0 Å². The van der Waals surface area contributed by atoms with Gasteiger partial charge in [-0.15, -0.1) is 0 Å². The standard InChI is InChI=1S/C28H33FN4O4S/c1-4-30-28(35)26(19-22-13-7-5-8-14-22)32(20-23-15-11-12-18-25(23)29)27(34)21-33(38(36,37)31(2)3)24-16-9-6-10-17-24/h5-18,26H,4,19-21H2,1-3H3,(H,30,35)/t26-/m1/s1. The van der Waals surface area contributed by atoms with Gasteiger partial charge in [0.25, 0.3) is 0 Å². The van der Waals surface area contributed by atoms with Crippen LogP contribution in [-0.4, -0.2) is 62.7 Å². The summed E-state index contributed by atoms with van der Waals surface area (Å²) in [5, 5.41) is 2.77. The fourth-order valence-electron chi connectivity index (χ4n) is 3.97. The second kappa shape index (κ2) is 13.2. The van der Waals surface area contributed by atoms with E-state index in [0.29, 0.717) is 6.54 Å². The molecule has 8 nitrogen and oxygen atoms in total. The summed E-state index contributed by atoms with van der Waals surface area (Å²) >= 11 is 0. The Morgan fingerprint density at radius 2 is 1.47 bits per heavy atom. The summed E-state index contributed by atoms with van der Waals surface area (Å²) in [4.78, 5) is 28.5. The van der Waals surface area contributed by atoms with E-state index < -0.39 is 40.4 Å². The van der Waals surface area contributed by atoms with Gasteiger partial charge in [0, 0.05) is 39.2 Å². The molecule has 0 aromatic heterocycles. The molecule has 2 amide bonds. The Labute approximate surface area is 223 Å². The van der Waals surface area contributed by atoms with Crippen molar-refractivity contribution < 1.29 is 22.4 Å². The first kappa shape index (κ1) is 28.8. The highest BCUT2D eigenvalue weighted by Gasteiger charge is 2.34. The molecule has 0 aliphatic rings. The normalized spacial score (nSPS) is 12.1. The van der Waals surface area contributed by atoms with Gasteiger partial charge in [0.1, 0.15) is 18.4 Å². The van der Waals surface area contributed by atoms with Crippen molar-refractivity contribution in [1.82, 2.24) is 14.5 Å². The van der Waals surface area contributed by atoms with Crippen LogP contribution in [0.4, 0.5) is 10.1 Å². The molecule has 0 saturated carbocycles. The zero-order chi connectivity index (χ0) is 27.7. The SMILES string of the molecule is CCNC(=O)[C@@H](Cc1ccccc1)N(Cc1ccccc1F)C(=O)CN(c1ccccc1)S(=O)(=O)N(C)C. The first-order valence-electron chi connectivity index (χ1n) is 12.2. The van der Waals surface area contributed by atoms with Gasteiger partial charge in [0.2, 0.25) is 11.8 Å². The third kappa shape index (κ3) is 7.17. The Kier molecular flexibility index (Phi) is 9.98. The van der Waals surface area contributed by atoms with E-state index in [-0.39, 0.29) is 24.2 Å². The second-order valence-corrected chi connectivity index (χ2v) is 10.9. The van der Waals surface area contributed by atoms with E-state index in [1.165, 1.54) is 31.1 Å². The highest BCUT2D eigenvalue weighted by Crippen LogP contribution is 2.22. The van der Waals surface area contributed by atoms with E-state index in [0.717, 1.165) is 14.2 Å². The van der Waals surface area contributed by atoms with Crippen LogP contribution in [0.1, 0.15) is 18.1 Å². The van der Waals surface area contributed by atoms with Crippen LogP contribution in [-0.2, 0) is 32.8 Å². The van der Waals surface area contributed by atoms with Crippen LogP contribution >= 0.6 is 0 Å². The molecule has 0 unspecified atom stereocenters. The molecular formula is C28H33FN4O4S. The molecule has 3 rings (SSSR count). The lowest BCUT2D eigenvalue weighted by molar-refractivity contribution is -0.140. The Hall–Kier alpha value is -3.76. The molecule has 0 bridgehead atoms. The lowest BCUT2D eigenvalue weighted by Gasteiger charge is -2.34.